The van der Waals surface area contributed by atoms with E-state index >= 15 is 0 Å². The normalized spacial score (nSPS) is 19.9. The van der Waals surface area contributed by atoms with Crippen LogP contribution in [0.5, 0.6) is 0 Å². The van der Waals surface area contributed by atoms with Crippen LogP contribution in [-0.2, 0) is 4.74 Å². The molecule has 1 aliphatic rings. The van der Waals surface area contributed by atoms with Gasteiger partial charge in [-0.25, -0.2) is 4.68 Å². The molecule has 100 valence electrons. The van der Waals surface area contributed by atoms with Gasteiger partial charge < -0.3 is 10.1 Å². The Hall–Kier alpha value is -1.81. The molecule has 2 heterocycles. The van der Waals surface area contributed by atoms with Crippen molar-refractivity contribution in [3.8, 4) is 5.69 Å². The summed E-state index contributed by atoms with van der Waals surface area (Å²) in [7, 11) is 0. The summed E-state index contributed by atoms with van der Waals surface area (Å²) in [6.07, 6.45) is 7.13. The molecular weight excluding hydrogens is 238 g/mol. The lowest BCUT2D eigenvalue weighted by Crippen LogP contribution is -2.19. The van der Waals surface area contributed by atoms with Gasteiger partial charge in [0.2, 0.25) is 0 Å². The highest BCUT2D eigenvalue weighted by Crippen LogP contribution is 2.18. The summed E-state index contributed by atoms with van der Waals surface area (Å²) in [4.78, 5) is 0. The number of nitrogens with one attached hydrogen (secondary N) is 1. The standard InChI is InChI=1S/C15H19N3O/c1-4-14(17-13-5-2-10-19-11-7-13)12-15(6-1)18-9-3-8-16-18/h1,3-4,6,8-9,12-13,17H,2,5,7,10-11H2. The van der Waals surface area contributed by atoms with Crippen molar-refractivity contribution in [1.82, 2.24) is 9.78 Å². The highest BCUT2D eigenvalue weighted by molar-refractivity contribution is 5.51. The Morgan fingerprint density at radius 2 is 2.21 bits per heavy atom. The molecule has 0 radical (unpaired) electrons. The molecule has 4 nitrogen and oxygen atoms in total. The van der Waals surface area contributed by atoms with E-state index in [1.807, 2.05) is 16.9 Å². The minimum Gasteiger partial charge on any atom is -0.382 e. The SMILES string of the molecule is c1cc(NC2CCCOCC2)cc(-n2cccn2)c1. The van der Waals surface area contributed by atoms with E-state index in [0.29, 0.717) is 6.04 Å². The molecule has 1 saturated heterocycles. The third kappa shape index (κ3) is 3.15. The number of benzene rings is 1. The van der Waals surface area contributed by atoms with Gasteiger partial charge in [-0.1, -0.05) is 6.07 Å². The van der Waals surface area contributed by atoms with Crippen LogP contribution in [0.4, 0.5) is 5.69 Å². The average Bonchev–Trinajstić information content (AvgIpc) is 2.86. The van der Waals surface area contributed by atoms with Crippen LogP contribution in [0.1, 0.15) is 19.3 Å². The van der Waals surface area contributed by atoms with Crippen molar-refractivity contribution in [1.29, 1.82) is 0 Å². The fourth-order valence-electron chi connectivity index (χ4n) is 2.44. The van der Waals surface area contributed by atoms with E-state index in [1.54, 1.807) is 6.20 Å². The maximum atomic E-state index is 5.49. The van der Waals surface area contributed by atoms with Crippen molar-refractivity contribution in [2.75, 3.05) is 18.5 Å². The van der Waals surface area contributed by atoms with Gasteiger partial charge in [0.05, 0.1) is 5.69 Å². The van der Waals surface area contributed by atoms with Gasteiger partial charge in [0, 0.05) is 37.3 Å². The highest BCUT2D eigenvalue weighted by Gasteiger charge is 2.12. The van der Waals surface area contributed by atoms with Gasteiger partial charge in [0.1, 0.15) is 0 Å². The Morgan fingerprint density at radius 1 is 1.21 bits per heavy atom. The lowest BCUT2D eigenvalue weighted by atomic mass is 10.1. The van der Waals surface area contributed by atoms with Gasteiger partial charge in [-0.05, 0) is 43.5 Å². The second-order valence-corrected chi connectivity index (χ2v) is 4.89. The zero-order valence-electron chi connectivity index (χ0n) is 11.0. The first-order valence-electron chi connectivity index (χ1n) is 6.86. The fraction of sp³-hybridized carbons (Fsp3) is 0.400. The zero-order chi connectivity index (χ0) is 12.9. The summed E-state index contributed by atoms with van der Waals surface area (Å²) < 4.78 is 7.37. The quantitative estimate of drug-likeness (QED) is 0.919. The number of aromatic nitrogens is 2. The Bertz CT molecular complexity index is 502. The van der Waals surface area contributed by atoms with E-state index in [-0.39, 0.29) is 0 Å². The topological polar surface area (TPSA) is 39.1 Å². The molecule has 2 aromatic rings. The van der Waals surface area contributed by atoms with E-state index < -0.39 is 0 Å². The van der Waals surface area contributed by atoms with Gasteiger partial charge in [-0.3, -0.25) is 0 Å². The first-order chi connectivity index (χ1) is 9.42. The number of nitrogens with zero attached hydrogens (tertiary/aromatic N) is 2. The van der Waals surface area contributed by atoms with Crippen LogP contribution in [0.3, 0.4) is 0 Å². The molecule has 19 heavy (non-hydrogen) atoms. The van der Waals surface area contributed by atoms with Crippen molar-refractivity contribution in [3.63, 3.8) is 0 Å². The second-order valence-electron chi connectivity index (χ2n) is 4.89. The van der Waals surface area contributed by atoms with Crippen molar-refractivity contribution >= 4 is 5.69 Å². The largest absolute Gasteiger partial charge is 0.382 e. The molecular formula is C15H19N3O. The zero-order valence-corrected chi connectivity index (χ0v) is 11.0. The molecule has 1 unspecified atom stereocenters. The Morgan fingerprint density at radius 3 is 3.11 bits per heavy atom. The second kappa shape index (κ2) is 5.89. The lowest BCUT2D eigenvalue weighted by molar-refractivity contribution is 0.144. The van der Waals surface area contributed by atoms with Gasteiger partial charge >= 0.3 is 0 Å². The Kier molecular flexibility index (Phi) is 3.79. The van der Waals surface area contributed by atoms with Crippen LogP contribution in [0.2, 0.25) is 0 Å². The van der Waals surface area contributed by atoms with E-state index in [0.717, 1.165) is 37.4 Å². The minimum absolute atomic E-state index is 0.510. The molecule has 3 rings (SSSR count). The molecule has 1 fully saturated rings. The van der Waals surface area contributed by atoms with E-state index in [2.05, 4.69) is 34.7 Å². The number of hydrogen-bond acceptors (Lipinski definition) is 3. The molecule has 0 amide bonds. The Balaban J connectivity index is 1.72. The van der Waals surface area contributed by atoms with Crippen LogP contribution in [0.25, 0.3) is 5.69 Å². The smallest absolute Gasteiger partial charge is 0.0666 e. The summed E-state index contributed by atoms with van der Waals surface area (Å²) in [5, 5.41) is 7.86. The van der Waals surface area contributed by atoms with Crippen molar-refractivity contribution in [2.24, 2.45) is 0 Å². The van der Waals surface area contributed by atoms with Crippen LogP contribution in [0.15, 0.2) is 42.7 Å². The molecule has 1 aromatic heterocycles. The molecule has 1 aromatic carbocycles. The highest BCUT2D eigenvalue weighted by atomic mass is 16.5. The van der Waals surface area contributed by atoms with Crippen LogP contribution in [-0.4, -0.2) is 29.0 Å². The maximum Gasteiger partial charge on any atom is 0.0666 e. The number of rotatable bonds is 3. The number of anilines is 1. The molecule has 1 N–H and O–H groups in total. The monoisotopic (exact) mass is 257 g/mol. The summed E-state index contributed by atoms with van der Waals surface area (Å²) in [6, 6.07) is 10.8. The van der Waals surface area contributed by atoms with E-state index in [1.165, 1.54) is 6.42 Å². The third-order valence-electron chi connectivity index (χ3n) is 3.44. The maximum absolute atomic E-state index is 5.49. The summed E-state index contributed by atoms with van der Waals surface area (Å²) in [6.45, 7) is 1.75. The van der Waals surface area contributed by atoms with Crippen LogP contribution in [0, 0.1) is 0 Å². The summed E-state index contributed by atoms with van der Waals surface area (Å²) >= 11 is 0. The first kappa shape index (κ1) is 12.2. The Labute approximate surface area is 113 Å². The van der Waals surface area contributed by atoms with Crippen molar-refractivity contribution in [3.05, 3.63) is 42.7 Å². The molecule has 0 bridgehead atoms. The summed E-state index contributed by atoms with van der Waals surface area (Å²) in [5.41, 5.74) is 2.24. The first-order valence-corrected chi connectivity index (χ1v) is 6.86. The van der Waals surface area contributed by atoms with Gasteiger partial charge in [-0.2, -0.15) is 5.10 Å². The predicted molar refractivity (Wildman–Crippen MR) is 75.6 cm³/mol. The van der Waals surface area contributed by atoms with Crippen molar-refractivity contribution < 1.29 is 4.74 Å². The molecule has 1 aliphatic heterocycles. The number of hydrogen-bond donors (Lipinski definition) is 1. The van der Waals surface area contributed by atoms with Gasteiger partial charge in [0.25, 0.3) is 0 Å². The van der Waals surface area contributed by atoms with E-state index in [4.69, 9.17) is 4.74 Å². The molecule has 0 aliphatic carbocycles. The molecule has 0 spiro atoms. The van der Waals surface area contributed by atoms with Crippen molar-refractivity contribution in [2.45, 2.75) is 25.3 Å². The summed E-state index contributed by atoms with van der Waals surface area (Å²) in [5.74, 6) is 0. The molecule has 0 saturated carbocycles. The minimum atomic E-state index is 0.510. The van der Waals surface area contributed by atoms with Gasteiger partial charge in [-0.15, -0.1) is 0 Å². The van der Waals surface area contributed by atoms with Crippen LogP contribution < -0.4 is 5.32 Å². The number of ether oxygens (including phenoxy) is 1. The van der Waals surface area contributed by atoms with Gasteiger partial charge in [0.15, 0.2) is 0 Å². The molecule has 1 atom stereocenters. The molecule has 4 heteroatoms. The van der Waals surface area contributed by atoms with Crippen LogP contribution >= 0.6 is 0 Å². The fourth-order valence-corrected chi connectivity index (χ4v) is 2.44. The van der Waals surface area contributed by atoms with E-state index in [9.17, 15) is 0 Å². The third-order valence-corrected chi connectivity index (χ3v) is 3.44. The predicted octanol–water partition coefficient (Wildman–Crippen LogP) is 2.85. The average molecular weight is 257 g/mol. The lowest BCUT2D eigenvalue weighted by Gasteiger charge is -2.17.